The summed E-state index contributed by atoms with van der Waals surface area (Å²) in [6.07, 6.45) is 1.63. The highest BCUT2D eigenvalue weighted by molar-refractivity contribution is 7.12. The lowest BCUT2D eigenvalue weighted by Gasteiger charge is -2.31. The average Bonchev–Trinajstić information content (AvgIpc) is 3.13. The summed E-state index contributed by atoms with van der Waals surface area (Å²) >= 11 is 1.66. The smallest absolute Gasteiger partial charge is 0.255 e. The van der Waals surface area contributed by atoms with Gasteiger partial charge in [0.2, 0.25) is 0 Å². The molecule has 23 heavy (non-hydrogen) atoms. The second-order valence-corrected chi connectivity index (χ2v) is 7.29. The molecule has 1 unspecified atom stereocenters. The van der Waals surface area contributed by atoms with E-state index >= 15 is 0 Å². The van der Waals surface area contributed by atoms with E-state index in [2.05, 4.69) is 22.1 Å². The van der Waals surface area contributed by atoms with Crippen LogP contribution in [0.2, 0.25) is 0 Å². The Hall–Kier alpha value is -1.73. The normalized spacial score (nSPS) is 18.4. The maximum absolute atomic E-state index is 12.7. The first-order valence-corrected chi connectivity index (χ1v) is 8.79. The van der Waals surface area contributed by atoms with E-state index in [4.69, 9.17) is 4.74 Å². The Labute approximate surface area is 139 Å². The maximum atomic E-state index is 12.7. The van der Waals surface area contributed by atoms with E-state index in [0.717, 1.165) is 34.0 Å². The summed E-state index contributed by atoms with van der Waals surface area (Å²) in [7, 11) is 0. The number of ether oxygens (including phenoxy) is 1. The first-order chi connectivity index (χ1) is 11.1. The van der Waals surface area contributed by atoms with Gasteiger partial charge in [-0.05, 0) is 26.3 Å². The molecule has 3 rings (SSSR count). The lowest BCUT2D eigenvalue weighted by atomic mass is 10.2. The Kier molecular flexibility index (Phi) is 4.77. The van der Waals surface area contributed by atoms with Crippen molar-refractivity contribution in [3.8, 4) is 0 Å². The fourth-order valence-corrected chi connectivity index (χ4v) is 3.72. The van der Waals surface area contributed by atoms with Crippen molar-refractivity contribution >= 4 is 17.2 Å². The zero-order valence-corrected chi connectivity index (χ0v) is 14.6. The molecule has 1 aliphatic rings. The fourth-order valence-electron chi connectivity index (χ4n) is 2.81. The Balaban J connectivity index is 1.72. The number of carbonyl (C=O) groups is 1. The molecule has 1 aliphatic heterocycles. The second-order valence-electron chi connectivity index (χ2n) is 5.83. The quantitative estimate of drug-likeness (QED) is 0.933. The van der Waals surface area contributed by atoms with Gasteiger partial charge in [0.15, 0.2) is 5.82 Å². The number of morpholine rings is 1. The highest BCUT2D eigenvalue weighted by Gasteiger charge is 2.29. The van der Waals surface area contributed by atoms with Crippen LogP contribution >= 0.6 is 11.3 Å². The zero-order chi connectivity index (χ0) is 16.4. The van der Waals surface area contributed by atoms with Gasteiger partial charge in [-0.3, -0.25) is 9.89 Å². The van der Waals surface area contributed by atoms with Crippen molar-refractivity contribution in [3.05, 3.63) is 33.0 Å². The molecule has 0 aliphatic carbocycles. The number of nitrogens with one attached hydrogen (secondary N) is 1. The van der Waals surface area contributed by atoms with Crippen LogP contribution in [0.4, 0.5) is 0 Å². The third kappa shape index (κ3) is 3.45. The predicted molar refractivity (Wildman–Crippen MR) is 88.8 cm³/mol. The van der Waals surface area contributed by atoms with Crippen molar-refractivity contribution in [2.75, 3.05) is 19.7 Å². The minimum absolute atomic E-state index is 0.0736. The molecular formula is C16H22N4O2S. The first kappa shape index (κ1) is 16.1. The summed E-state index contributed by atoms with van der Waals surface area (Å²) < 4.78 is 5.77. The van der Waals surface area contributed by atoms with Gasteiger partial charge >= 0.3 is 0 Å². The van der Waals surface area contributed by atoms with E-state index < -0.39 is 0 Å². The van der Waals surface area contributed by atoms with Gasteiger partial charge in [-0.1, -0.05) is 6.92 Å². The van der Waals surface area contributed by atoms with Crippen molar-refractivity contribution in [2.45, 2.75) is 39.7 Å². The van der Waals surface area contributed by atoms with Gasteiger partial charge in [0, 0.05) is 22.7 Å². The number of hydrogen-bond donors (Lipinski definition) is 1. The molecule has 2 aromatic rings. The number of aryl methyl sites for hydroxylation is 3. The molecule has 0 radical (unpaired) electrons. The molecule has 0 saturated carbocycles. The van der Waals surface area contributed by atoms with Crippen LogP contribution in [-0.4, -0.2) is 45.7 Å². The topological polar surface area (TPSA) is 71.1 Å². The number of carbonyl (C=O) groups excluding carboxylic acids is 1. The molecular weight excluding hydrogens is 312 g/mol. The molecule has 1 fully saturated rings. The molecule has 1 N–H and O–H groups in total. The molecule has 124 valence electrons. The van der Waals surface area contributed by atoms with Crippen LogP contribution in [0.3, 0.4) is 0 Å². The first-order valence-electron chi connectivity index (χ1n) is 7.97. The minimum atomic E-state index is -0.255. The van der Waals surface area contributed by atoms with Crippen molar-refractivity contribution in [1.29, 1.82) is 0 Å². The summed E-state index contributed by atoms with van der Waals surface area (Å²) in [5, 5.41) is 7.20. The highest BCUT2D eigenvalue weighted by atomic mass is 32.1. The summed E-state index contributed by atoms with van der Waals surface area (Å²) in [6.45, 7) is 7.74. The summed E-state index contributed by atoms with van der Waals surface area (Å²) in [5.74, 6) is 1.59. The second kappa shape index (κ2) is 6.80. The van der Waals surface area contributed by atoms with E-state index in [1.54, 1.807) is 11.3 Å². The van der Waals surface area contributed by atoms with Crippen molar-refractivity contribution < 1.29 is 9.53 Å². The van der Waals surface area contributed by atoms with Crippen LogP contribution in [0, 0.1) is 13.8 Å². The monoisotopic (exact) mass is 334 g/mol. The van der Waals surface area contributed by atoms with Crippen molar-refractivity contribution in [3.63, 3.8) is 0 Å². The number of aromatic nitrogens is 3. The number of hydrogen-bond acceptors (Lipinski definition) is 5. The molecule has 6 nitrogen and oxygen atoms in total. The Morgan fingerprint density at radius 1 is 1.52 bits per heavy atom. The summed E-state index contributed by atoms with van der Waals surface area (Å²) in [4.78, 5) is 21.3. The van der Waals surface area contributed by atoms with Gasteiger partial charge in [0.1, 0.15) is 11.9 Å². The van der Waals surface area contributed by atoms with Gasteiger partial charge < -0.3 is 9.64 Å². The third-order valence-corrected chi connectivity index (χ3v) is 4.91. The van der Waals surface area contributed by atoms with Gasteiger partial charge in [-0.2, -0.15) is 5.10 Å². The highest BCUT2D eigenvalue weighted by Crippen LogP contribution is 2.25. The van der Waals surface area contributed by atoms with Gasteiger partial charge in [-0.15, -0.1) is 11.3 Å². The van der Waals surface area contributed by atoms with E-state index in [1.807, 2.05) is 24.8 Å². The van der Waals surface area contributed by atoms with Crippen molar-refractivity contribution in [2.24, 2.45) is 0 Å². The lowest BCUT2D eigenvalue weighted by molar-refractivity contribution is -0.0266. The Morgan fingerprint density at radius 3 is 3.04 bits per heavy atom. The molecule has 3 heterocycles. The maximum Gasteiger partial charge on any atom is 0.255 e. The number of amides is 1. The number of H-pyrrole nitrogens is 1. The van der Waals surface area contributed by atoms with Crippen LogP contribution in [0.15, 0.2) is 6.07 Å². The number of nitrogens with zero attached hydrogens (tertiary/aromatic N) is 3. The number of aromatic amines is 1. The summed E-state index contributed by atoms with van der Waals surface area (Å²) in [6, 6.07) is 1.97. The van der Waals surface area contributed by atoms with Crippen LogP contribution < -0.4 is 0 Å². The largest absolute Gasteiger partial charge is 0.366 e. The Morgan fingerprint density at radius 2 is 2.35 bits per heavy atom. The van der Waals surface area contributed by atoms with E-state index in [0.29, 0.717) is 25.5 Å². The van der Waals surface area contributed by atoms with E-state index in [9.17, 15) is 4.79 Å². The molecule has 0 aromatic carbocycles. The van der Waals surface area contributed by atoms with Crippen LogP contribution in [-0.2, 0) is 11.2 Å². The fraction of sp³-hybridized carbons (Fsp3) is 0.562. The number of thiophene rings is 1. The SMILES string of the molecule is CCCc1nc(C2CN(C(=O)c3cc(C)sc3C)CCO2)n[nH]1. The van der Waals surface area contributed by atoms with E-state index in [1.165, 1.54) is 0 Å². The minimum Gasteiger partial charge on any atom is -0.366 e. The molecule has 1 amide bonds. The molecule has 0 bridgehead atoms. The van der Waals surface area contributed by atoms with Crippen LogP contribution in [0.5, 0.6) is 0 Å². The van der Waals surface area contributed by atoms with Gasteiger partial charge in [0.25, 0.3) is 5.91 Å². The standard InChI is InChI=1S/C16H22N4O2S/c1-4-5-14-17-15(19-18-14)13-9-20(6-7-22-13)16(21)12-8-10(2)23-11(12)3/h8,13H,4-7,9H2,1-3H3,(H,17,18,19). The zero-order valence-electron chi connectivity index (χ0n) is 13.8. The summed E-state index contributed by atoms with van der Waals surface area (Å²) in [5.41, 5.74) is 0.801. The Bertz CT molecular complexity index is 694. The third-order valence-electron chi connectivity index (χ3n) is 3.95. The van der Waals surface area contributed by atoms with Crippen LogP contribution in [0.1, 0.15) is 51.2 Å². The predicted octanol–water partition coefficient (Wildman–Crippen LogP) is 2.65. The molecule has 2 aromatic heterocycles. The molecule has 1 saturated heterocycles. The van der Waals surface area contributed by atoms with Gasteiger partial charge in [-0.25, -0.2) is 4.98 Å². The van der Waals surface area contributed by atoms with Gasteiger partial charge in [0.05, 0.1) is 18.7 Å². The molecule has 0 spiro atoms. The molecule has 7 heteroatoms. The lowest BCUT2D eigenvalue weighted by Crippen LogP contribution is -2.42. The van der Waals surface area contributed by atoms with Crippen molar-refractivity contribution in [1.82, 2.24) is 20.1 Å². The average molecular weight is 334 g/mol. The molecule has 1 atom stereocenters. The van der Waals surface area contributed by atoms with Crippen LogP contribution in [0.25, 0.3) is 0 Å². The number of rotatable bonds is 4. The van der Waals surface area contributed by atoms with E-state index in [-0.39, 0.29) is 12.0 Å².